The van der Waals surface area contributed by atoms with E-state index < -0.39 is 12.0 Å². The maximum absolute atomic E-state index is 12.0. The van der Waals surface area contributed by atoms with E-state index in [0.717, 1.165) is 12.2 Å². The highest BCUT2D eigenvalue weighted by molar-refractivity contribution is 6.01. The zero-order valence-corrected chi connectivity index (χ0v) is 10.8. The van der Waals surface area contributed by atoms with Crippen molar-refractivity contribution >= 4 is 17.6 Å². The normalized spacial score (nSPS) is 11.5. The Morgan fingerprint density at radius 2 is 2.00 bits per heavy atom. The number of ether oxygens (including phenoxy) is 1. The summed E-state index contributed by atoms with van der Waals surface area (Å²) in [7, 11) is 1.29. The molecule has 1 amide bonds. The predicted octanol–water partition coefficient (Wildman–Crippen LogP) is 1.41. The molecule has 0 aliphatic rings. The Morgan fingerprint density at radius 3 is 2.61 bits per heavy atom. The SMILES string of the molecule is CCNc1ccccc1C(=O)N[C@@H](C)C(=O)OC. The number of hydrogen-bond acceptors (Lipinski definition) is 4. The van der Waals surface area contributed by atoms with E-state index in [2.05, 4.69) is 15.4 Å². The zero-order chi connectivity index (χ0) is 13.5. The maximum Gasteiger partial charge on any atom is 0.328 e. The fraction of sp³-hybridized carbons (Fsp3) is 0.385. The second kappa shape index (κ2) is 6.64. The highest BCUT2D eigenvalue weighted by Crippen LogP contribution is 2.14. The van der Waals surface area contributed by atoms with Crippen LogP contribution in [-0.2, 0) is 9.53 Å². The lowest BCUT2D eigenvalue weighted by Crippen LogP contribution is -2.39. The van der Waals surface area contributed by atoms with Crippen molar-refractivity contribution < 1.29 is 14.3 Å². The molecular weight excluding hydrogens is 232 g/mol. The van der Waals surface area contributed by atoms with Gasteiger partial charge in [-0.3, -0.25) is 4.79 Å². The minimum atomic E-state index is -0.669. The van der Waals surface area contributed by atoms with Crippen LogP contribution in [0.15, 0.2) is 24.3 Å². The topological polar surface area (TPSA) is 67.4 Å². The third kappa shape index (κ3) is 3.48. The molecule has 0 saturated heterocycles. The van der Waals surface area contributed by atoms with Crippen LogP contribution < -0.4 is 10.6 Å². The first-order valence-corrected chi connectivity index (χ1v) is 5.81. The summed E-state index contributed by atoms with van der Waals surface area (Å²) in [5.74, 6) is -0.770. The molecule has 0 unspecified atom stereocenters. The van der Waals surface area contributed by atoms with E-state index in [1.807, 2.05) is 19.1 Å². The number of nitrogens with one attached hydrogen (secondary N) is 2. The minimum absolute atomic E-state index is 0.301. The van der Waals surface area contributed by atoms with Crippen LogP contribution in [0.4, 0.5) is 5.69 Å². The van der Waals surface area contributed by atoms with E-state index in [1.165, 1.54) is 7.11 Å². The van der Waals surface area contributed by atoms with Gasteiger partial charge in [0.15, 0.2) is 0 Å². The van der Waals surface area contributed by atoms with Gasteiger partial charge in [-0.2, -0.15) is 0 Å². The van der Waals surface area contributed by atoms with Crippen molar-refractivity contribution in [3.63, 3.8) is 0 Å². The van der Waals surface area contributed by atoms with Crippen LogP contribution in [0.25, 0.3) is 0 Å². The Hall–Kier alpha value is -2.04. The van der Waals surface area contributed by atoms with E-state index >= 15 is 0 Å². The monoisotopic (exact) mass is 250 g/mol. The van der Waals surface area contributed by atoms with Gasteiger partial charge in [-0.05, 0) is 26.0 Å². The Labute approximate surface area is 107 Å². The summed E-state index contributed by atoms with van der Waals surface area (Å²) in [5.41, 5.74) is 1.25. The van der Waals surface area contributed by atoms with E-state index in [4.69, 9.17) is 0 Å². The Kier molecular flexibility index (Phi) is 5.17. The molecule has 1 atom stereocenters. The van der Waals surface area contributed by atoms with E-state index in [1.54, 1.807) is 19.1 Å². The Balaban J connectivity index is 2.81. The molecule has 0 spiro atoms. The molecule has 0 aliphatic heterocycles. The molecule has 0 radical (unpaired) electrons. The average Bonchev–Trinajstić information content (AvgIpc) is 2.38. The molecule has 0 bridgehead atoms. The van der Waals surface area contributed by atoms with Gasteiger partial charge in [-0.1, -0.05) is 12.1 Å². The second-order valence-electron chi connectivity index (χ2n) is 3.79. The number of rotatable bonds is 5. The van der Waals surface area contributed by atoms with Crippen LogP contribution >= 0.6 is 0 Å². The third-order valence-corrected chi connectivity index (χ3v) is 2.44. The van der Waals surface area contributed by atoms with Gasteiger partial charge in [0.05, 0.1) is 12.7 Å². The van der Waals surface area contributed by atoms with Gasteiger partial charge in [0.1, 0.15) is 6.04 Å². The van der Waals surface area contributed by atoms with E-state index in [-0.39, 0.29) is 5.91 Å². The number of esters is 1. The van der Waals surface area contributed by atoms with Crippen LogP contribution in [0, 0.1) is 0 Å². The highest BCUT2D eigenvalue weighted by Gasteiger charge is 2.18. The molecule has 1 aromatic carbocycles. The lowest BCUT2D eigenvalue weighted by molar-refractivity contribution is -0.142. The summed E-state index contributed by atoms with van der Waals surface area (Å²) < 4.78 is 4.56. The van der Waals surface area contributed by atoms with Crippen molar-refractivity contribution in [2.75, 3.05) is 19.0 Å². The fourth-order valence-corrected chi connectivity index (χ4v) is 1.54. The second-order valence-corrected chi connectivity index (χ2v) is 3.79. The van der Waals surface area contributed by atoms with Crippen LogP contribution in [0.1, 0.15) is 24.2 Å². The number of hydrogen-bond donors (Lipinski definition) is 2. The lowest BCUT2D eigenvalue weighted by Gasteiger charge is -2.14. The fourth-order valence-electron chi connectivity index (χ4n) is 1.54. The molecule has 5 heteroatoms. The molecule has 0 heterocycles. The van der Waals surface area contributed by atoms with Crippen molar-refractivity contribution in [1.29, 1.82) is 0 Å². The molecule has 0 fully saturated rings. The molecule has 0 aliphatic carbocycles. The van der Waals surface area contributed by atoms with E-state index in [9.17, 15) is 9.59 Å². The summed E-state index contributed by atoms with van der Waals surface area (Å²) >= 11 is 0. The van der Waals surface area contributed by atoms with Gasteiger partial charge in [-0.25, -0.2) is 4.79 Å². The summed E-state index contributed by atoms with van der Waals surface area (Å²) in [6, 6.07) is 6.48. The first-order valence-electron chi connectivity index (χ1n) is 5.81. The van der Waals surface area contributed by atoms with Gasteiger partial charge in [-0.15, -0.1) is 0 Å². The van der Waals surface area contributed by atoms with Gasteiger partial charge < -0.3 is 15.4 Å². The highest BCUT2D eigenvalue weighted by atomic mass is 16.5. The first kappa shape index (κ1) is 14.0. The van der Waals surface area contributed by atoms with Gasteiger partial charge >= 0.3 is 5.97 Å². The number of benzene rings is 1. The third-order valence-electron chi connectivity index (χ3n) is 2.44. The largest absolute Gasteiger partial charge is 0.467 e. The quantitative estimate of drug-likeness (QED) is 0.775. The van der Waals surface area contributed by atoms with Crippen LogP contribution in [0.5, 0.6) is 0 Å². The summed E-state index contributed by atoms with van der Waals surface area (Å²) in [6.45, 7) is 4.25. The standard InChI is InChI=1S/C13H18N2O3/c1-4-14-11-8-6-5-7-10(11)12(16)15-9(2)13(17)18-3/h5-9,14H,4H2,1-3H3,(H,15,16)/t9-/m0/s1. The number of anilines is 1. The molecule has 0 aromatic heterocycles. The van der Waals surface area contributed by atoms with Crippen molar-refractivity contribution in [3.8, 4) is 0 Å². The van der Waals surface area contributed by atoms with E-state index in [0.29, 0.717) is 5.56 Å². The number of methoxy groups -OCH3 is 1. The lowest BCUT2D eigenvalue weighted by atomic mass is 10.1. The average molecular weight is 250 g/mol. The van der Waals surface area contributed by atoms with Gasteiger partial charge in [0, 0.05) is 12.2 Å². The molecular formula is C13H18N2O3. The zero-order valence-electron chi connectivity index (χ0n) is 10.8. The molecule has 1 aromatic rings. The smallest absolute Gasteiger partial charge is 0.328 e. The Bertz CT molecular complexity index is 432. The molecule has 98 valence electrons. The van der Waals surface area contributed by atoms with Crippen LogP contribution in [-0.4, -0.2) is 31.6 Å². The van der Waals surface area contributed by atoms with Gasteiger partial charge in [0.25, 0.3) is 5.91 Å². The number of carbonyl (C=O) groups excluding carboxylic acids is 2. The van der Waals surface area contributed by atoms with Crippen molar-refractivity contribution in [2.45, 2.75) is 19.9 Å². The molecule has 1 rings (SSSR count). The number of amides is 1. The molecule has 5 nitrogen and oxygen atoms in total. The van der Waals surface area contributed by atoms with Crippen molar-refractivity contribution in [1.82, 2.24) is 5.32 Å². The van der Waals surface area contributed by atoms with Crippen molar-refractivity contribution in [3.05, 3.63) is 29.8 Å². The molecule has 18 heavy (non-hydrogen) atoms. The molecule has 0 saturated carbocycles. The summed E-state index contributed by atoms with van der Waals surface area (Å²) in [6.07, 6.45) is 0. The number of carbonyl (C=O) groups is 2. The van der Waals surface area contributed by atoms with Crippen molar-refractivity contribution in [2.24, 2.45) is 0 Å². The molecule has 2 N–H and O–H groups in total. The predicted molar refractivity (Wildman–Crippen MR) is 69.5 cm³/mol. The number of para-hydroxylation sites is 1. The van der Waals surface area contributed by atoms with Gasteiger partial charge in [0.2, 0.25) is 0 Å². The van der Waals surface area contributed by atoms with Crippen LogP contribution in [0.3, 0.4) is 0 Å². The minimum Gasteiger partial charge on any atom is -0.467 e. The van der Waals surface area contributed by atoms with Crippen LogP contribution in [0.2, 0.25) is 0 Å². The summed E-state index contributed by atoms with van der Waals surface area (Å²) in [4.78, 5) is 23.2. The summed E-state index contributed by atoms with van der Waals surface area (Å²) in [5, 5.41) is 5.69. The maximum atomic E-state index is 12.0. The first-order chi connectivity index (χ1) is 8.60. The Morgan fingerprint density at radius 1 is 1.33 bits per heavy atom.